The minimum atomic E-state index is 0.407. The Bertz CT molecular complexity index is 351. The topological polar surface area (TPSA) is 44.5 Å². The molecule has 3 heteroatoms. The molecule has 0 aromatic heterocycles. The fraction of sp³-hybridized carbons (Fsp3) is 0.500. The van der Waals surface area contributed by atoms with Crippen LogP contribution in [0.3, 0.4) is 0 Å². The molecule has 3 nitrogen and oxygen atoms in total. The zero-order valence-electron chi connectivity index (χ0n) is 9.19. The lowest BCUT2D eigenvalue weighted by atomic mass is 9.85. The molecule has 0 bridgehead atoms. The van der Waals surface area contributed by atoms with E-state index in [9.17, 15) is 0 Å². The fourth-order valence-electron chi connectivity index (χ4n) is 2.01. The highest BCUT2D eigenvalue weighted by Gasteiger charge is 2.26. The Morgan fingerprint density at radius 1 is 1.53 bits per heavy atom. The number of ether oxygens (including phenoxy) is 2. The summed E-state index contributed by atoms with van der Waals surface area (Å²) >= 11 is 0. The van der Waals surface area contributed by atoms with Gasteiger partial charge in [0, 0.05) is 11.5 Å². The average molecular weight is 207 g/mol. The third-order valence-corrected chi connectivity index (χ3v) is 3.17. The number of benzene rings is 1. The molecule has 2 N–H and O–H groups in total. The molecule has 0 fully saturated rings. The summed E-state index contributed by atoms with van der Waals surface area (Å²) in [6.45, 7) is 3.58. The summed E-state index contributed by atoms with van der Waals surface area (Å²) < 4.78 is 10.9. The van der Waals surface area contributed by atoms with Crippen molar-refractivity contribution in [3.05, 3.63) is 23.8 Å². The predicted octanol–water partition coefficient (Wildman–Crippen LogP) is 1.77. The summed E-state index contributed by atoms with van der Waals surface area (Å²) in [5.41, 5.74) is 6.91. The molecule has 2 unspecified atom stereocenters. The number of hydrogen-bond donors (Lipinski definition) is 1. The molecule has 0 radical (unpaired) electrons. The largest absolute Gasteiger partial charge is 0.497 e. The minimum Gasteiger partial charge on any atom is -0.497 e. The molecule has 82 valence electrons. The molecule has 15 heavy (non-hydrogen) atoms. The summed E-state index contributed by atoms with van der Waals surface area (Å²) in [4.78, 5) is 0. The van der Waals surface area contributed by atoms with Crippen LogP contribution in [0.15, 0.2) is 18.2 Å². The predicted molar refractivity (Wildman–Crippen MR) is 59.4 cm³/mol. The van der Waals surface area contributed by atoms with Gasteiger partial charge in [-0.1, -0.05) is 6.92 Å². The van der Waals surface area contributed by atoms with Crippen molar-refractivity contribution in [2.45, 2.75) is 12.8 Å². The first-order valence-electron chi connectivity index (χ1n) is 5.27. The quantitative estimate of drug-likeness (QED) is 0.803. The Morgan fingerprint density at radius 3 is 3.00 bits per heavy atom. The monoisotopic (exact) mass is 207 g/mol. The maximum Gasteiger partial charge on any atom is 0.123 e. The molecule has 1 aromatic carbocycles. The van der Waals surface area contributed by atoms with Crippen LogP contribution in [0.4, 0.5) is 0 Å². The van der Waals surface area contributed by atoms with E-state index in [1.807, 2.05) is 18.2 Å². The third kappa shape index (κ3) is 1.79. The van der Waals surface area contributed by atoms with Crippen molar-refractivity contribution in [1.29, 1.82) is 0 Å². The van der Waals surface area contributed by atoms with E-state index in [1.54, 1.807) is 7.11 Å². The van der Waals surface area contributed by atoms with Gasteiger partial charge < -0.3 is 15.2 Å². The van der Waals surface area contributed by atoms with Crippen LogP contribution in [0, 0.1) is 5.92 Å². The van der Waals surface area contributed by atoms with E-state index < -0.39 is 0 Å². The van der Waals surface area contributed by atoms with Gasteiger partial charge in [0.25, 0.3) is 0 Å². The molecule has 2 rings (SSSR count). The lowest BCUT2D eigenvalue weighted by Crippen LogP contribution is -2.30. The van der Waals surface area contributed by atoms with Crippen molar-refractivity contribution < 1.29 is 9.47 Å². The molecule has 1 aromatic rings. The van der Waals surface area contributed by atoms with Gasteiger partial charge in [0.15, 0.2) is 0 Å². The van der Waals surface area contributed by atoms with E-state index >= 15 is 0 Å². The summed E-state index contributed by atoms with van der Waals surface area (Å²) in [7, 11) is 1.68. The first kappa shape index (κ1) is 10.3. The molecule has 0 aliphatic carbocycles. The normalized spacial score (nSPS) is 24.2. The minimum absolute atomic E-state index is 0.407. The Hall–Kier alpha value is -1.22. The van der Waals surface area contributed by atoms with E-state index in [0.29, 0.717) is 18.4 Å². The van der Waals surface area contributed by atoms with Crippen molar-refractivity contribution in [3.8, 4) is 11.5 Å². The molecule has 1 heterocycles. The number of fused-ring (bicyclic) bond motifs is 1. The number of methoxy groups -OCH3 is 1. The molecule has 0 saturated carbocycles. The van der Waals surface area contributed by atoms with Crippen LogP contribution >= 0.6 is 0 Å². The maximum absolute atomic E-state index is 5.71. The van der Waals surface area contributed by atoms with Crippen LogP contribution in [-0.2, 0) is 0 Å². The van der Waals surface area contributed by atoms with Gasteiger partial charge in [-0.05, 0) is 30.7 Å². The highest BCUT2D eigenvalue weighted by Crippen LogP contribution is 2.38. The van der Waals surface area contributed by atoms with Gasteiger partial charge in [0.2, 0.25) is 0 Å². The summed E-state index contributed by atoms with van der Waals surface area (Å²) in [6.07, 6.45) is 0. The SMILES string of the molecule is COc1ccc2c(c1)C(C)C(CN)CO2. The van der Waals surface area contributed by atoms with Gasteiger partial charge in [0.05, 0.1) is 13.7 Å². The van der Waals surface area contributed by atoms with E-state index in [-0.39, 0.29) is 0 Å². The van der Waals surface area contributed by atoms with Gasteiger partial charge in [-0.15, -0.1) is 0 Å². The van der Waals surface area contributed by atoms with Gasteiger partial charge in [0.1, 0.15) is 11.5 Å². The van der Waals surface area contributed by atoms with Gasteiger partial charge in [-0.25, -0.2) is 0 Å². The molecular weight excluding hydrogens is 190 g/mol. The molecular formula is C12H17NO2. The number of hydrogen-bond acceptors (Lipinski definition) is 3. The van der Waals surface area contributed by atoms with Gasteiger partial charge in [-0.2, -0.15) is 0 Å². The smallest absolute Gasteiger partial charge is 0.123 e. The summed E-state index contributed by atoms with van der Waals surface area (Å²) in [5, 5.41) is 0. The third-order valence-electron chi connectivity index (χ3n) is 3.17. The van der Waals surface area contributed by atoms with E-state index in [1.165, 1.54) is 5.56 Å². The lowest BCUT2D eigenvalue weighted by molar-refractivity contribution is 0.203. The zero-order valence-corrected chi connectivity index (χ0v) is 9.19. The average Bonchev–Trinajstić information content (AvgIpc) is 2.29. The van der Waals surface area contributed by atoms with Crippen molar-refractivity contribution in [1.82, 2.24) is 0 Å². The number of nitrogens with two attached hydrogens (primary N) is 1. The highest BCUT2D eigenvalue weighted by atomic mass is 16.5. The van der Waals surface area contributed by atoms with Crippen molar-refractivity contribution in [2.24, 2.45) is 11.7 Å². The van der Waals surface area contributed by atoms with E-state index in [2.05, 4.69) is 6.92 Å². The summed E-state index contributed by atoms with van der Waals surface area (Å²) in [6, 6.07) is 5.94. The van der Waals surface area contributed by atoms with Crippen molar-refractivity contribution in [2.75, 3.05) is 20.3 Å². The zero-order chi connectivity index (χ0) is 10.8. The van der Waals surface area contributed by atoms with Crippen LogP contribution in [0.2, 0.25) is 0 Å². The number of rotatable bonds is 2. The molecule has 0 saturated heterocycles. The van der Waals surface area contributed by atoms with Crippen LogP contribution in [0.5, 0.6) is 11.5 Å². The maximum atomic E-state index is 5.71. The van der Waals surface area contributed by atoms with Crippen LogP contribution in [0.25, 0.3) is 0 Å². The van der Waals surface area contributed by atoms with E-state index in [0.717, 1.165) is 18.1 Å². The Kier molecular flexibility index (Phi) is 2.82. The Labute approximate surface area is 90.2 Å². The fourth-order valence-corrected chi connectivity index (χ4v) is 2.01. The Morgan fingerprint density at radius 2 is 2.33 bits per heavy atom. The Balaban J connectivity index is 2.35. The second kappa shape index (κ2) is 4.11. The van der Waals surface area contributed by atoms with E-state index in [4.69, 9.17) is 15.2 Å². The molecule has 2 atom stereocenters. The molecule has 0 spiro atoms. The highest BCUT2D eigenvalue weighted by molar-refractivity contribution is 5.43. The molecule has 1 aliphatic heterocycles. The molecule has 1 aliphatic rings. The van der Waals surface area contributed by atoms with Crippen molar-refractivity contribution in [3.63, 3.8) is 0 Å². The first-order chi connectivity index (χ1) is 7.26. The summed E-state index contributed by atoms with van der Waals surface area (Å²) in [5.74, 6) is 2.69. The van der Waals surface area contributed by atoms with Crippen LogP contribution < -0.4 is 15.2 Å². The second-order valence-electron chi connectivity index (χ2n) is 4.00. The van der Waals surface area contributed by atoms with Crippen LogP contribution in [-0.4, -0.2) is 20.3 Å². The second-order valence-corrected chi connectivity index (χ2v) is 4.00. The van der Waals surface area contributed by atoms with Crippen LogP contribution in [0.1, 0.15) is 18.4 Å². The molecule has 0 amide bonds. The van der Waals surface area contributed by atoms with Gasteiger partial charge in [-0.3, -0.25) is 0 Å². The first-order valence-corrected chi connectivity index (χ1v) is 5.27. The van der Waals surface area contributed by atoms with Gasteiger partial charge >= 0.3 is 0 Å². The lowest BCUT2D eigenvalue weighted by Gasteiger charge is -2.30. The van der Waals surface area contributed by atoms with Crippen molar-refractivity contribution >= 4 is 0 Å². The standard InChI is InChI=1S/C12H17NO2/c1-8-9(6-13)7-15-12-4-3-10(14-2)5-11(8)12/h3-5,8-9H,6-7,13H2,1-2H3.